The molecule has 0 aliphatic carbocycles. The van der Waals surface area contributed by atoms with Gasteiger partial charge in [-0.05, 0) is 6.07 Å². The number of carbonyl (C=O) groups excluding carboxylic acids is 1. The molecule has 21 heavy (non-hydrogen) atoms. The summed E-state index contributed by atoms with van der Waals surface area (Å²) in [5.41, 5.74) is 0.557. The van der Waals surface area contributed by atoms with Crippen LogP contribution in [0.3, 0.4) is 0 Å². The van der Waals surface area contributed by atoms with Gasteiger partial charge in [-0.3, -0.25) is 20.2 Å². The Balaban J connectivity index is 2.23. The Hall–Kier alpha value is -2.28. The van der Waals surface area contributed by atoms with Crippen molar-refractivity contribution in [2.75, 3.05) is 5.32 Å². The fraction of sp³-hybridized carbons (Fsp3) is 0.286. The molecule has 0 aliphatic heterocycles. The maximum Gasteiger partial charge on any atom is 0.282 e. The molecule has 2 rings (SSSR count). The number of benzene rings is 1. The number of anilines is 1. The molecule has 1 heterocycles. The van der Waals surface area contributed by atoms with Crippen molar-refractivity contribution < 1.29 is 9.72 Å². The zero-order valence-corrected chi connectivity index (χ0v) is 12.7. The zero-order valence-electron chi connectivity index (χ0n) is 11.9. The lowest BCUT2D eigenvalue weighted by Gasteiger charge is -2.14. The lowest BCUT2D eigenvalue weighted by Crippen LogP contribution is -2.15. The molecule has 0 spiro atoms. The van der Waals surface area contributed by atoms with Gasteiger partial charge in [0.05, 0.1) is 10.6 Å². The van der Waals surface area contributed by atoms with Gasteiger partial charge in [-0.15, -0.1) is 11.3 Å². The van der Waals surface area contributed by atoms with Gasteiger partial charge in [0.1, 0.15) is 5.56 Å². The summed E-state index contributed by atoms with van der Waals surface area (Å²) in [6.07, 6.45) is 0. The minimum Gasteiger partial charge on any atom is -0.298 e. The average Bonchev–Trinajstić information content (AvgIpc) is 2.87. The number of nitro benzene ring substituents is 1. The molecule has 0 unspecified atom stereocenters. The van der Waals surface area contributed by atoms with Crippen LogP contribution in [-0.4, -0.2) is 15.8 Å². The first-order chi connectivity index (χ1) is 9.79. The summed E-state index contributed by atoms with van der Waals surface area (Å²) in [5, 5.41) is 15.8. The first-order valence-electron chi connectivity index (χ1n) is 6.30. The van der Waals surface area contributed by atoms with Crippen molar-refractivity contribution in [3.63, 3.8) is 0 Å². The van der Waals surface area contributed by atoms with Crippen molar-refractivity contribution in [1.82, 2.24) is 4.98 Å². The van der Waals surface area contributed by atoms with E-state index < -0.39 is 10.8 Å². The van der Waals surface area contributed by atoms with E-state index >= 15 is 0 Å². The molecular weight excluding hydrogens is 290 g/mol. The van der Waals surface area contributed by atoms with E-state index in [9.17, 15) is 14.9 Å². The van der Waals surface area contributed by atoms with Gasteiger partial charge in [0.25, 0.3) is 11.6 Å². The Kier molecular flexibility index (Phi) is 4.04. The molecular formula is C14H15N3O3S. The second-order valence-corrected chi connectivity index (χ2v) is 6.37. The fourth-order valence-electron chi connectivity index (χ4n) is 1.66. The van der Waals surface area contributed by atoms with Gasteiger partial charge >= 0.3 is 0 Å². The molecule has 2 aromatic rings. The lowest BCUT2D eigenvalue weighted by atomic mass is 9.93. The number of nitrogens with zero attached hydrogens (tertiary/aromatic N) is 2. The van der Waals surface area contributed by atoms with Crippen LogP contribution in [0.5, 0.6) is 0 Å². The Morgan fingerprint density at radius 1 is 1.33 bits per heavy atom. The van der Waals surface area contributed by atoms with Gasteiger partial charge in [0.15, 0.2) is 5.13 Å². The molecule has 1 N–H and O–H groups in total. The lowest BCUT2D eigenvalue weighted by molar-refractivity contribution is -0.385. The van der Waals surface area contributed by atoms with Crippen molar-refractivity contribution in [2.45, 2.75) is 26.2 Å². The summed E-state index contributed by atoms with van der Waals surface area (Å²) >= 11 is 1.30. The molecule has 0 saturated heterocycles. The summed E-state index contributed by atoms with van der Waals surface area (Å²) in [4.78, 5) is 26.8. The molecule has 1 aromatic carbocycles. The highest BCUT2D eigenvalue weighted by Gasteiger charge is 2.22. The highest BCUT2D eigenvalue weighted by Crippen LogP contribution is 2.27. The van der Waals surface area contributed by atoms with E-state index in [0.29, 0.717) is 5.13 Å². The number of nitro groups is 1. The number of thiazole rings is 1. The monoisotopic (exact) mass is 305 g/mol. The number of para-hydroxylation sites is 1. The van der Waals surface area contributed by atoms with Gasteiger partial charge in [-0.2, -0.15) is 0 Å². The van der Waals surface area contributed by atoms with Crippen molar-refractivity contribution in [1.29, 1.82) is 0 Å². The van der Waals surface area contributed by atoms with E-state index in [0.717, 1.165) is 5.69 Å². The van der Waals surface area contributed by atoms with Crippen LogP contribution < -0.4 is 5.32 Å². The summed E-state index contributed by atoms with van der Waals surface area (Å²) < 4.78 is 0. The molecule has 0 fully saturated rings. The second kappa shape index (κ2) is 5.61. The fourth-order valence-corrected chi connectivity index (χ4v) is 2.60. The topological polar surface area (TPSA) is 85.1 Å². The van der Waals surface area contributed by atoms with Crippen LogP contribution in [0.15, 0.2) is 29.6 Å². The highest BCUT2D eigenvalue weighted by atomic mass is 32.1. The number of amides is 1. The van der Waals surface area contributed by atoms with E-state index in [4.69, 9.17) is 0 Å². The number of rotatable bonds is 3. The van der Waals surface area contributed by atoms with Gasteiger partial charge in [0.2, 0.25) is 0 Å². The molecule has 0 radical (unpaired) electrons. The third-order valence-corrected chi connectivity index (χ3v) is 3.60. The molecule has 7 heteroatoms. The first kappa shape index (κ1) is 15.1. The predicted octanol–water partition coefficient (Wildman–Crippen LogP) is 3.60. The van der Waals surface area contributed by atoms with E-state index in [1.165, 1.54) is 29.5 Å². The summed E-state index contributed by atoms with van der Waals surface area (Å²) in [6, 6.07) is 5.84. The number of hydrogen-bond donors (Lipinski definition) is 1. The standard InChI is InChI=1S/C14H15N3O3S/c1-14(2,3)11-8-21-13(15-11)16-12(18)9-6-4-5-7-10(9)17(19)20/h4-8H,1-3H3,(H,15,16,18). The van der Waals surface area contributed by atoms with Crippen LogP contribution in [0.4, 0.5) is 10.8 Å². The number of carbonyl (C=O) groups is 1. The predicted molar refractivity (Wildman–Crippen MR) is 81.9 cm³/mol. The molecule has 1 amide bonds. The van der Waals surface area contributed by atoms with Crippen molar-refractivity contribution in [3.8, 4) is 0 Å². The van der Waals surface area contributed by atoms with E-state index in [2.05, 4.69) is 10.3 Å². The Labute approximate surface area is 126 Å². The largest absolute Gasteiger partial charge is 0.298 e. The molecule has 0 bridgehead atoms. The van der Waals surface area contributed by atoms with Crippen LogP contribution in [0.1, 0.15) is 36.8 Å². The van der Waals surface area contributed by atoms with Crippen LogP contribution >= 0.6 is 11.3 Å². The molecule has 110 valence electrons. The number of hydrogen-bond acceptors (Lipinski definition) is 5. The maximum atomic E-state index is 12.1. The van der Waals surface area contributed by atoms with Gasteiger partial charge in [-0.1, -0.05) is 32.9 Å². The molecule has 6 nitrogen and oxygen atoms in total. The van der Waals surface area contributed by atoms with Crippen molar-refractivity contribution in [2.24, 2.45) is 0 Å². The molecule has 0 aliphatic rings. The molecule has 0 atom stereocenters. The Bertz CT molecular complexity index is 689. The summed E-state index contributed by atoms with van der Waals surface area (Å²) in [7, 11) is 0. The zero-order chi connectivity index (χ0) is 15.6. The first-order valence-corrected chi connectivity index (χ1v) is 7.18. The van der Waals surface area contributed by atoms with Gasteiger partial charge in [-0.25, -0.2) is 4.98 Å². The quantitative estimate of drug-likeness (QED) is 0.693. The summed E-state index contributed by atoms with van der Waals surface area (Å²) in [6.45, 7) is 6.07. The third-order valence-electron chi connectivity index (χ3n) is 2.84. The van der Waals surface area contributed by atoms with Crippen LogP contribution in [0, 0.1) is 10.1 Å². The normalized spacial score (nSPS) is 11.2. The minimum atomic E-state index is -0.572. The number of aromatic nitrogens is 1. The van der Waals surface area contributed by atoms with E-state index in [1.54, 1.807) is 6.07 Å². The second-order valence-electron chi connectivity index (χ2n) is 5.52. The van der Waals surface area contributed by atoms with Crippen LogP contribution in [0.25, 0.3) is 0 Å². The minimum absolute atomic E-state index is 0.0232. The number of nitrogens with one attached hydrogen (secondary N) is 1. The Morgan fingerprint density at radius 3 is 2.57 bits per heavy atom. The van der Waals surface area contributed by atoms with Gasteiger partial charge in [0, 0.05) is 16.9 Å². The van der Waals surface area contributed by atoms with E-state index in [-0.39, 0.29) is 16.7 Å². The summed E-state index contributed by atoms with van der Waals surface area (Å²) in [5.74, 6) is -0.530. The maximum absolute atomic E-state index is 12.1. The third kappa shape index (κ3) is 3.43. The SMILES string of the molecule is CC(C)(C)c1csc(NC(=O)c2ccccc2[N+](=O)[O-])n1. The van der Waals surface area contributed by atoms with Gasteiger partial charge < -0.3 is 0 Å². The molecule has 1 aromatic heterocycles. The highest BCUT2D eigenvalue weighted by molar-refractivity contribution is 7.14. The van der Waals surface area contributed by atoms with Crippen molar-refractivity contribution >= 4 is 28.1 Å². The van der Waals surface area contributed by atoms with Crippen molar-refractivity contribution in [3.05, 3.63) is 51.0 Å². The molecule has 0 saturated carbocycles. The Morgan fingerprint density at radius 2 is 2.00 bits per heavy atom. The average molecular weight is 305 g/mol. The van der Waals surface area contributed by atoms with Crippen LogP contribution in [0.2, 0.25) is 0 Å². The van der Waals surface area contributed by atoms with E-state index in [1.807, 2.05) is 26.2 Å². The smallest absolute Gasteiger partial charge is 0.282 e. The van der Waals surface area contributed by atoms with Crippen LogP contribution in [-0.2, 0) is 5.41 Å².